The second-order valence-corrected chi connectivity index (χ2v) is 7.08. The zero-order chi connectivity index (χ0) is 20.1. The minimum atomic E-state index is 0.0276. The van der Waals surface area contributed by atoms with E-state index < -0.39 is 0 Å². The molecule has 1 aromatic carbocycles. The number of nitrogens with zero attached hydrogens (tertiary/aromatic N) is 3. The van der Waals surface area contributed by atoms with Crippen molar-refractivity contribution in [1.82, 2.24) is 15.5 Å². The molecule has 1 aliphatic heterocycles. The first-order valence-electron chi connectivity index (χ1n) is 9.76. The molecule has 4 rings (SSSR count). The van der Waals surface area contributed by atoms with E-state index >= 15 is 0 Å². The Kier molecular flexibility index (Phi) is 5.74. The third kappa shape index (κ3) is 4.56. The van der Waals surface area contributed by atoms with Gasteiger partial charge in [-0.15, -0.1) is 10.2 Å². The van der Waals surface area contributed by atoms with Gasteiger partial charge >= 0.3 is 0 Å². The highest BCUT2D eigenvalue weighted by Gasteiger charge is 2.25. The molecule has 1 amide bonds. The molecule has 29 heavy (non-hydrogen) atoms. The van der Waals surface area contributed by atoms with E-state index in [-0.39, 0.29) is 11.8 Å². The fraction of sp³-hybridized carbons (Fsp3) is 0.318. The van der Waals surface area contributed by atoms with E-state index in [0.717, 1.165) is 43.1 Å². The summed E-state index contributed by atoms with van der Waals surface area (Å²) in [5.74, 6) is 2.49. The van der Waals surface area contributed by atoms with Crippen LogP contribution >= 0.6 is 0 Å². The normalized spacial score (nSPS) is 14.6. The highest BCUT2D eigenvalue weighted by molar-refractivity contribution is 5.79. The SMILES string of the molecule is COc1ccc(CNC(=O)C2CCN(c3ccc(-c4ccco4)nn3)CC2)cc1. The molecule has 1 aliphatic rings. The summed E-state index contributed by atoms with van der Waals surface area (Å²) in [6.45, 7) is 2.10. The van der Waals surface area contributed by atoms with Gasteiger partial charge in [-0.25, -0.2) is 0 Å². The van der Waals surface area contributed by atoms with Crippen molar-refractivity contribution < 1.29 is 13.9 Å². The van der Waals surface area contributed by atoms with Crippen molar-refractivity contribution in [2.75, 3.05) is 25.1 Å². The molecule has 0 aliphatic carbocycles. The van der Waals surface area contributed by atoms with Crippen LogP contribution in [0, 0.1) is 5.92 Å². The van der Waals surface area contributed by atoms with Gasteiger partial charge in [-0.3, -0.25) is 4.79 Å². The molecule has 0 radical (unpaired) electrons. The summed E-state index contributed by atoms with van der Waals surface area (Å²) in [6.07, 6.45) is 3.22. The summed E-state index contributed by atoms with van der Waals surface area (Å²) in [5, 5.41) is 11.6. The molecular weight excluding hydrogens is 368 g/mol. The molecule has 1 fully saturated rings. The van der Waals surface area contributed by atoms with E-state index in [4.69, 9.17) is 9.15 Å². The van der Waals surface area contributed by atoms with Gasteiger partial charge in [0.2, 0.25) is 5.91 Å². The standard InChI is InChI=1S/C22H24N4O3/c1-28-18-6-4-16(5-7-18)15-23-22(27)17-10-12-26(13-11-17)21-9-8-19(24-25-21)20-3-2-14-29-20/h2-9,14,17H,10-13,15H2,1H3,(H,23,27). The second-order valence-electron chi connectivity index (χ2n) is 7.08. The van der Waals surface area contributed by atoms with Gasteiger partial charge in [0.25, 0.3) is 0 Å². The largest absolute Gasteiger partial charge is 0.497 e. The Labute approximate surface area is 169 Å². The lowest BCUT2D eigenvalue weighted by Crippen LogP contribution is -2.40. The van der Waals surface area contributed by atoms with E-state index in [1.165, 1.54) is 0 Å². The van der Waals surface area contributed by atoms with Crippen LogP contribution in [-0.4, -0.2) is 36.3 Å². The predicted octanol–water partition coefficient (Wildman–Crippen LogP) is 3.28. The topological polar surface area (TPSA) is 80.5 Å². The number of anilines is 1. The van der Waals surface area contributed by atoms with Crippen LogP contribution in [0.5, 0.6) is 5.75 Å². The average molecular weight is 392 g/mol. The van der Waals surface area contributed by atoms with E-state index in [0.29, 0.717) is 18.0 Å². The summed E-state index contributed by atoms with van der Waals surface area (Å²) in [7, 11) is 1.64. The third-order valence-corrected chi connectivity index (χ3v) is 5.24. The molecule has 3 heterocycles. The van der Waals surface area contributed by atoms with Crippen molar-refractivity contribution in [3.8, 4) is 17.2 Å². The number of piperidine rings is 1. The van der Waals surface area contributed by atoms with Crippen LogP contribution in [0.2, 0.25) is 0 Å². The molecule has 2 aromatic heterocycles. The third-order valence-electron chi connectivity index (χ3n) is 5.24. The van der Waals surface area contributed by atoms with Gasteiger partial charge in [0.05, 0.1) is 13.4 Å². The molecule has 0 bridgehead atoms. The van der Waals surface area contributed by atoms with Gasteiger partial charge in [-0.05, 0) is 54.8 Å². The Morgan fingerprint density at radius 3 is 2.55 bits per heavy atom. The molecule has 150 valence electrons. The summed E-state index contributed by atoms with van der Waals surface area (Å²) in [4.78, 5) is 14.7. The quantitative estimate of drug-likeness (QED) is 0.693. The van der Waals surface area contributed by atoms with Crippen molar-refractivity contribution in [3.05, 3.63) is 60.4 Å². The van der Waals surface area contributed by atoms with Gasteiger partial charge in [-0.2, -0.15) is 0 Å². The van der Waals surface area contributed by atoms with Crippen molar-refractivity contribution >= 4 is 11.7 Å². The van der Waals surface area contributed by atoms with Gasteiger partial charge in [0, 0.05) is 25.6 Å². The number of furan rings is 1. The lowest BCUT2D eigenvalue weighted by Gasteiger charge is -2.31. The molecule has 7 nitrogen and oxygen atoms in total. The fourth-order valence-corrected chi connectivity index (χ4v) is 3.50. The summed E-state index contributed by atoms with van der Waals surface area (Å²) in [5.41, 5.74) is 1.77. The van der Waals surface area contributed by atoms with Gasteiger partial charge in [0.1, 0.15) is 11.4 Å². The number of carbonyl (C=O) groups is 1. The lowest BCUT2D eigenvalue weighted by molar-refractivity contribution is -0.125. The number of amides is 1. The highest BCUT2D eigenvalue weighted by atomic mass is 16.5. The van der Waals surface area contributed by atoms with Crippen LogP contribution in [0.15, 0.2) is 59.2 Å². The van der Waals surface area contributed by atoms with Crippen molar-refractivity contribution in [1.29, 1.82) is 0 Å². The van der Waals surface area contributed by atoms with Gasteiger partial charge in [0.15, 0.2) is 11.6 Å². The Morgan fingerprint density at radius 1 is 1.14 bits per heavy atom. The number of nitrogens with one attached hydrogen (secondary N) is 1. The number of carbonyl (C=O) groups excluding carboxylic acids is 1. The minimum absolute atomic E-state index is 0.0276. The Hall–Kier alpha value is -3.35. The number of aromatic nitrogens is 2. The van der Waals surface area contributed by atoms with Crippen LogP contribution in [-0.2, 0) is 11.3 Å². The molecule has 0 atom stereocenters. The van der Waals surface area contributed by atoms with Gasteiger partial charge in [-0.1, -0.05) is 12.1 Å². The van der Waals surface area contributed by atoms with Crippen LogP contribution in [0.3, 0.4) is 0 Å². The second kappa shape index (κ2) is 8.77. The molecule has 3 aromatic rings. The molecule has 0 saturated carbocycles. The first-order valence-corrected chi connectivity index (χ1v) is 9.76. The maximum atomic E-state index is 12.5. The van der Waals surface area contributed by atoms with Crippen molar-refractivity contribution in [3.63, 3.8) is 0 Å². The number of benzene rings is 1. The molecule has 0 unspecified atom stereocenters. The number of methoxy groups -OCH3 is 1. The Balaban J connectivity index is 1.26. The van der Waals surface area contributed by atoms with E-state index in [9.17, 15) is 4.79 Å². The highest BCUT2D eigenvalue weighted by Crippen LogP contribution is 2.24. The Bertz CT molecular complexity index is 916. The molecule has 0 spiro atoms. The molecular formula is C22H24N4O3. The van der Waals surface area contributed by atoms with Gasteiger partial charge < -0.3 is 19.4 Å². The molecule has 1 saturated heterocycles. The fourth-order valence-electron chi connectivity index (χ4n) is 3.50. The number of ether oxygens (including phenoxy) is 1. The zero-order valence-corrected chi connectivity index (χ0v) is 16.4. The van der Waals surface area contributed by atoms with E-state index in [1.807, 2.05) is 48.5 Å². The van der Waals surface area contributed by atoms with Crippen LogP contribution < -0.4 is 15.0 Å². The minimum Gasteiger partial charge on any atom is -0.497 e. The van der Waals surface area contributed by atoms with Crippen molar-refractivity contribution in [2.24, 2.45) is 5.92 Å². The summed E-state index contributed by atoms with van der Waals surface area (Å²) >= 11 is 0. The molecule has 7 heteroatoms. The average Bonchev–Trinajstić information content (AvgIpc) is 3.33. The predicted molar refractivity (Wildman–Crippen MR) is 110 cm³/mol. The lowest BCUT2D eigenvalue weighted by atomic mass is 9.96. The van der Waals surface area contributed by atoms with Crippen LogP contribution in [0.4, 0.5) is 5.82 Å². The van der Waals surface area contributed by atoms with E-state index in [2.05, 4.69) is 20.4 Å². The van der Waals surface area contributed by atoms with Crippen LogP contribution in [0.1, 0.15) is 18.4 Å². The maximum Gasteiger partial charge on any atom is 0.223 e. The summed E-state index contributed by atoms with van der Waals surface area (Å²) in [6, 6.07) is 15.3. The maximum absolute atomic E-state index is 12.5. The Morgan fingerprint density at radius 2 is 1.93 bits per heavy atom. The van der Waals surface area contributed by atoms with Crippen LogP contribution in [0.25, 0.3) is 11.5 Å². The number of hydrogen-bond acceptors (Lipinski definition) is 6. The first-order chi connectivity index (χ1) is 14.2. The van der Waals surface area contributed by atoms with Crippen molar-refractivity contribution in [2.45, 2.75) is 19.4 Å². The number of rotatable bonds is 6. The molecule has 1 N–H and O–H groups in total. The monoisotopic (exact) mass is 392 g/mol. The summed E-state index contributed by atoms with van der Waals surface area (Å²) < 4.78 is 10.5. The first kappa shape index (κ1) is 19.0. The smallest absolute Gasteiger partial charge is 0.223 e. The number of hydrogen-bond donors (Lipinski definition) is 1. The van der Waals surface area contributed by atoms with E-state index in [1.54, 1.807) is 13.4 Å². The zero-order valence-electron chi connectivity index (χ0n) is 16.4.